The summed E-state index contributed by atoms with van der Waals surface area (Å²) in [5, 5.41) is 21.3. The van der Waals surface area contributed by atoms with Gasteiger partial charge in [-0.1, -0.05) is 12.1 Å². The summed E-state index contributed by atoms with van der Waals surface area (Å²) in [5.41, 5.74) is -0.0535. The molecule has 26 heavy (non-hydrogen) atoms. The fourth-order valence-corrected chi connectivity index (χ4v) is 2.68. The fraction of sp³-hybridized carbons (Fsp3) is 0.167. The normalized spacial score (nSPS) is 10.9. The first kappa shape index (κ1) is 17.6. The lowest BCUT2D eigenvalue weighted by atomic mass is 10.1. The number of aliphatic hydroxyl groups is 1. The van der Waals surface area contributed by atoms with Gasteiger partial charge in [-0.15, -0.1) is 0 Å². The van der Waals surface area contributed by atoms with Crippen molar-refractivity contribution in [3.8, 4) is 0 Å². The topological polar surface area (TPSA) is 104 Å². The van der Waals surface area contributed by atoms with Crippen molar-refractivity contribution in [1.29, 1.82) is 0 Å². The molecule has 2 aromatic heterocycles. The lowest BCUT2D eigenvalue weighted by Gasteiger charge is -2.13. The highest BCUT2D eigenvalue weighted by Gasteiger charge is 2.16. The molecular formula is C18H16FN3O4. The van der Waals surface area contributed by atoms with Crippen LogP contribution < -0.4 is 10.7 Å². The van der Waals surface area contributed by atoms with Crippen LogP contribution in [-0.2, 0) is 6.54 Å². The first-order valence-corrected chi connectivity index (χ1v) is 7.82. The second kappa shape index (κ2) is 6.93. The van der Waals surface area contributed by atoms with Crippen molar-refractivity contribution < 1.29 is 19.4 Å². The first-order chi connectivity index (χ1) is 12.4. The molecule has 0 radical (unpaired) electrons. The number of pyridine rings is 2. The summed E-state index contributed by atoms with van der Waals surface area (Å²) in [6.07, 6.45) is 2.56. The smallest absolute Gasteiger partial charge is 0.341 e. The molecule has 7 nitrogen and oxygen atoms in total. The van der Waals surface area contributed by atoms with E-state index in [1.807, 2.05) is 0 Å². The SMILES string of the molecule is Cc1cccc(Nc2cc3c(=O)c(C(=O)O)cn(CCO)c3cn2)c1F. The molecule has 0 amide bonds. The van der Waals surface area contributed by atoms with Gasteiger partial charge in [-0.2, -0.15) is 0 Å². The summed E-state index contributed by atoms with van der Waals surface area (Å²) >= 11 is 0. The number of aliphatic hydroxyl groups excluding tert-OH is 1. The van der Waals surface area contributed by atoms with E-state index in [9.17, 15) is 19.1 Å². The van der Waals surface area contributed by atoms with Gasteiger partial charge in [0, 0.05) is 12.7 Å². The number of hydrogen-bond acceptors (Lipinski definition) is 5. The largest absolute Gasteiger partial charge is 0.477 e. The number of fused-ring (bicyclic) bond motifs is 1. The molecule has 0 unspecified atom stereocenters. The van der Waals surface area contributed by atoms with Gasteiger partial charge in [0.25, 0.3) is 0 Å². The highest BCUT2D eigenvalue weighted by molar-refractivity contribution is 5.93. The number of aromatic nitrogens is 2. The Morgan fingerprint density at radius 3 is 2.85 bits per heavy atom. The van der Waals surface area contributed by atoms with Crippen molar-refractivity contribution in [2.45, 2.75) is 13.5 Å². The molecule has 0 aliphatic heterocycles. The average Bonchev–Trinajstić information content (AvgIpc) is 2.61. The van der Waals surface area contributed by atoms with Gasteiger partial charge in [-0.25, -0.2) is 14.2 Å². The number of anilines is 2. The minimum Gasteiger partial charge on any atom is -0.477 e. The van der Waals surface area contributed by atoms with Gasteiger partial charge in [0.05, 0.1) is 29.4 Å². The first-order valence-electron chi connectivity index (χ1n) is 7.82. The van der Waals surface area contributed by atoms with Gasteiger partial charge in [-0.3, -0.25) is 4.79 Å². The monoisotopic (exact) mass is 357 g/mol. The molecule has 2 heterocycles. The quantitative estimate of drug-likeness (QED) is 0.647. The molecule has 0 bridgehead atoms. The third-order valence-corrected chi connectivity index (χ3v) is 3.99. The number of aryl methyl sites for hydroxylation is 1. The van der Waals surface area contributed by atoms with Crippen molar-refractivity contribution in [1.82, 2.24) is 9.55 Å². The Morgan fingerprint density at radius 1 is 1.38 bits per heavy atom. The van der Waals surface area contributed by atoms with E-state index in [0.29, 0.717) is 11.1 Å². The zero-order chi connectivity index (χ0) is 18.8. The van der Waals surface area contributed by atoms with E-state index in [4.69, 9.17) is 5.11 Å². The predicted molar refractivity (Wildman–Crippen MR) is 94.5 cm³/mol. The summed E-state index contributed by atoms with van der Waals surface area (Å²) in [6.45, 7) is 1.50. The molecule has 134 valence electrons. The van der Waals surface area contributed by atoms with Crippen LogP contribution in [0.3, 0.4) is 0 Å². The van der Waals surface area contributed by atoms with E-state index in [1.54, 1.807) is 19.1 Å². The Bertz CT molecular complexity index is 1060. The van der Waals surface area contributed by atoms with Crippen molar-refractivity contribution in [3.05, 3.63) is 63.8 Å². The lowest BCUT2D eigenvalue weighted by Crippen LogP contribution is -2.20. The average molecular weight is 357 g/mol. The van der Waals surface area contributed by atoms with Crippen molar-refractivity contribution in [3.63, 3.8) is 0 Å². The van der Waals surface area contributed by atoms with Crippen LogP contribution in [0.15, 0.2) is 41.5 Å². The van der Waals surface area contributed by atoms with Crippen LogP contribution in [0.4, 0.5) is 15.9 Å². The zero-order valence-electron chi connectivity index (χ0n) is 13.9. The Kier molecular flexibility index (Phi) is 4.68. The predicted octanol–water partition coefficient (Wildman–Crippen LogP) is 2.28. The molecule has 0 saturated carbocycles. The lowest BCUT2D eigenvalue weighted by molar-refractivity contribution is 0.0694. The molecule has 3 N–H and O–H groups in total. The molecule has 0 spiro atoms. The van der Waals surface area contributed by atoms with Crippen LogP contribution in [0, 0.1) is 12.7 Å². The third-order valence-electron chi connectivity index (χ3n) is 3.99. The Labute approximate surface area is 147 Å². The summed E-state index contributed by atoms with van der Waals surface area (Å²) in [4.78, 5) is 28.0. The number of nitrogens with zero attached hydrogens (tertiary/aromatic N) is 2. The van der Waals surface area contributed by atoms with Crippen LogP contribution >= 0.6 is 0 Å². The van der Waals surface area contributed by atoms with Crippen molar-refractivity contribution in [2.24, 2.45) is 0 Å². The molecule has 8 heteroatoms. The van der Waals surface area contributed by atoms with Gasteiger partial charge < -0.3 is 20.1 Å². The number of carboxylic acid groups (broad SMARTS) is 1. The van der Waals surface area contributed by atoms with Gasteiger partial charge >= 0.3 is 5.97 Å². The fourth-order valence-electron chi connectivity index (χ4n) is 2.68. The molecule has 0 saturated heterocycles. The second-order valence-electron chi connectivity index (χ2n) is 5.74. The molecule has 3 aromatic rings. The zero-order valence-corrected chi connectivity index (χ0v) is 13.9. The molecule has 0 atom stereocenters. The maximum Gasteiger partial charge on any atom is 0.341 e. The van der Waals surface area contributed by atoms with E-state index in [2.05, 4.69) is 10.3 Å². The standard InChI is InChI=1S/C18H16FN3O4/c1-10-3-2-4-13(16(10)19)21-15-7-11-14(8-20-15)22(5-6-23)9-12(17(11)24)18(25)26/h2-4,7-9,23H,5-6H2,1H3,(H,20,21)(H,25,26). The number of carboxylic acids is 1. The number of halogens is 1. The number of benzene rings is 1. The Morgan fingerprint density at radius 2 is 2.15 bits per heavy atom. The molecular weight excluding hydrogens is 341 g/mol. The summed E-state index contributed by atoms with van der Waals surface area (Å²) in [6, 6.07) is 6.21. The maximum atomic E-state index is 14.2. The van der Waals surface area contributed by atoms with E-state index in [-0.39, 0.29) is 30.0 Å². The van der Waals surface area contributed by atoms with Crippen LogP contribution in [0.2, 0.25) is 0 Å². The van der Waals surface area contributed by atoms with E-state index >= 15 is 0 Å². The minimum atomic E-state index is -1.36. The van der Waals surface area contributed by atoms with Crippen molar-refractivity contribution >= 4 is 28.4 Å². The van der Waals surface area contributed by atoms with Gasteiger partial charge in [0.1, 0.15) is 17.2 Å². The second-order valence-corrected chi connectivity index (χ2v) is 5.74. The number of hydrogen-bond donors (Lipinski definition) is 3. The molecule has 3 rings (SSSR count). The van der Waals surface area contributed by atoms with Gasteiger partial charge in [0.2, 0.25) is 5.43 Å². The van der Waals surface area contributed by atoms with Crippen molar-refractivity contribution in [2.75, 3.05) is 11.9 Å². The summed E-state index contributed by atoms with van der Waals surface area (Å²) in [5.74, 6) is -1.59. The van der Waals surface area contributed by atoms with Crippen LogP contribution in [0.5, 0.6) is 0 Å². The van der Waals surface area contributed by atoms with E-state index in [1.165, 1.54) is 29.1 Å². The number of rotatable bonds is 5. The Balaban J connectivity index is 2.15. The third kappa shape index (κ3) is 3.14. The summed E-state index contributed by atoms with van der Waals surface area (Å²) < 4.78 is 15.6. The summed E-state index contributed by atoms with van der Waals surface area (Å²) in [7, 11) is 0. The molecule has 1 aromatic carbocycles. The highest BCUT2D eigenvalue weighted by Crippen LogP contribution is 2.23. The molecule has 0 aliphatic rings. The highest BCUT2D eigenvalue weighted by atomic mass is 19.1. The van der Waals surface area contributed by atoms with E-state index in [0.717, 1.165) is 0 Å². The molecule has 0 aliphatic carbocycles. The van der Waals surface area contributed by atoms with Gasteiger partial charge in [0.15, 0.2) is 0 Å². The maximum absolute atomic E-state index is 14.2. The Hall–Kier alpha value is -3.26. The minimum absolute atomic E-state index is 0.109. The van der Waals surface area contributed by atoms with Crippen LogP contribution in [-0.4, -0.2) is 32.3 Å². The number of aromatic carboxylic acids is 1. The van der Waals surface area contributed by atoms with Crippen LogP contribution in [0.25, 0.3) is 10.9 Å². The number of carbonyl (C=O) groups is 1. The number of nitrogens with one attached hydrogen (secondary N) is 1. The van der Waals surface area contributed by atoms with Gasteiger partial charge in [-0.05, 0) is 24.6 Å². The van der Waals surface area contributed by atoms with Crippen LogP contribution in [0.1, 0.15) is 15.9 Å². The molecule has 0 fully saturated rings. The van der Waals surface area contributed by atoms with E-state index < -0.39 is 22.8 Å².